The minimum absolute atomic E-state index is 0.203. The molecule has 0 N–H and O–H groups in total. The molecule has 0 aliphatic rings. The van der Waals surface area contributed by atoms with Crippen LogP contribution in [0.4, 0.5) is 13.2 Å². The number of hydrogen-bond acceptors (Lipinski definition) is 1. The van der Waals surface area contributed by atoms with Gasteiger partial charge in [-0.15, -0.1) is 8.78 Å². The molecule has 1 aromatic carbocycles. The predicted octanol–water partition coefficient (Wildman–Crippen LogP) is 3.76. The standard InChI is InChI=1S/C7H3BrClF3O/c8-5-2-1-4(10)3-6(5)13-7(9,11)12/h1-3H. The Bertz CT molecular complexity index is 313. The highest BCUT2D eigenvalue weighted by Crippen LogP contribution is 2.31. The molecule has 1 aromatic rings. The van der Waals surface area contributed by atoms with Crippen LogP contribution in [-0.4, -0.2) is 5.57 Å². The van der Waals surface area contributed by atoms with Gasteiger partial charge in [0.2, 0.25) is 0 Å². The topological polar surface area (TPSA) is 9.23 Å². The lowest BCUT2D eigenvalue weighted by molar-refractivity contribution is -0.0970. The molecule has 0 saturated carbocycles. The molecule has 6 heteroatoms. The molecule has 0 aromatic heterocycles. The normalized spacial score (nSPS) is 11.5. The molecule has 0 atom stereocenters. The van der Waals surface area contributed by atoms with Crippen molar-refractivity contribution in [1.82, 2.24) is 0 Å². The van der Waals surface area contributed by atoms with Gasteiger partial charge >= 0.3 is 5.57 Å². The summed E-state index contributed by atoms with van der Waals surface area (Å²) < 4.78 is 40.9. The molecule has 0 spiro atoms. The van der Waals surface area contributed by atoms with Gasteiger partial charge in [-0.1, -0.05) is 0 Å². The molecule has 0 unspecified atom stereocenters. The molecule has 1 rings (SSSR count). The fraction of sp³-hybridized carbons (Fsp3) is 0.143. The van der Waals surface area contributed by atoms with Crippen LogP contribution in [0.25, 0.3) is 0 Å². The summed E-state index contributed by atoms with van der Waals surface area (Å²) in [6.45, 7) is 0. The largest absolute Gasteiger partial charge is 0.487 e. The summed E-state index contributed by atoms with van der Waals surface area (Å²) in [5.74, 6) is -1.03. The second-order valence-electron chi connectivity index (χ2n) is 2.12. The Labute approximate surface area is 85.6 Å². The summed E-state index contributed by atoms with van der Waals surface area (Å²) in [5, 5.41) is 0. The van der Waals surface area contributed by atoms with Crippen LogP contribution in [-0.2, 0) is 0 Å². The number of alkyl halides is 3. The smallest absolute Gasteiger partial charge is 0.419 e. The van der Waals surface area contributed by atoms with Gasteiger partial charge in [0, 0.05) is 17.7 Å². The van der Waals surface area contributed by atoms with Crippen molar-refractivity contribution in [1.29, 1.82) is 0 Å². The van der Waals surface area contributed by atoms with Crippen LogP contribution >= 0.6 is 27.5 Å². The monoisotopic (exact) mass is 274 g/mol. The molecule has 72 valence electrons. The van der Waals surface area contributed by atoms with E-state index in [9.17, 15) is 13.2 Å². The zero-order valence-corrected chi connectivity index (χ0v) is 8.37. The van der Waals surface area contributed by atoms with Crippen molar-refractivity contribution in [2.45, 2.75) is 5.57 Å². The highest BCUT2D eigenvalue weighted by atomic mass is 79.9. The van der Waals surface area contributed by atoms with Gasteiger partial charge in [-0.25, -0.2) is 4.39 Å². The van der Waals surface area contributed by atoms with E-state index in [1.807, 2.05) is 0 Å². The molecular weight excluding hydrogens is 272 g/mol. The van der Waals surface area contributed by atoms with E-state index >= 15 is 0 Å². The molecule has 1 nitrogen and oxygen atoms in total. The van der Waals surface area contributed by atoms with Crippen LogP contribution in [0.5, 0.6) is 5.75 Å². The number of benzene rings is 1. The summed E-state index contributed by atoms with van der Waals surface area (Å²) in [4.78, 5) is 0. The summed E-state index contributed by atoms with van der Waals surface area (Å²) in [5.41, 5.74) is -3.84. The first-order valence-electron chi connectivity index (χ1n) is 3.09. The van der Waals surface area contributed by atoms with Gasteiger partial charge in [0.25, 0.3) is 0 Å². The Balaban J connectivity index is 2.94. The van der Waals surface area contributed by atoms with Crippen molar-refractivity contribution in [3.05, 3.63) is 28.5 Å². The highest BCUT2D eigenvalue weighted by molar-refractivity contribution is 9.10. The van der Waals surface area contributed by atoms with Crippen molar-refractivity contribution in [3.63, 3.8) is 0 Å². The average molecular weight is 275 g/mol. The maximum Gasteiger partial charge on any atom is 0.487 e. The zero-order chi connectivity index (χ0) is 10.1. The lowest BCUT2D eigenvalue weighted by atomic mass is 10.3. The molecule has 0 radical (unpaired) electrons. The van der Waals surface area contributed by atoms with Crippen molar-refractivity contribution < 1.29 is 17.9 Å². The van der Waals surface area contributed by atoms with Crippen molar-refractivity contribution in [2.24, 2.45) is 0 Å². The molecule has 0 heterocycles. The Kier molecular flexibility index (Phi) is 3.08. The summed E-state index contributed by atoms with van der Waals surface area (Å²) in [6, 6.07) is 3.15. The third-order valence-corrected chi connectivity index (χ3v) is 1.85. The SMILES string of the molecule is Fc1ccc(Br)c(OC(F)(F)Cl)c1. The quantitative estimate of drug-likeness (QED) is 0.747. The Morgan fingerprint density at radius 2 is 2.00 bits per heavy atom. The van der Waals surface area contributed by atoms with Gasteiger partial charge in [-0.05, 0) is 28.1 Å². The minimum atomic E-state index is -3.84. The Morgan fingerprint density at radius 1 is 1.38 bits per heavy atom. The van der Waals surface area contributed by atoms with Crippen LogP contribution in [0.3, 0.4) is 0 Å². The first kappa shape index (κ1) is 10.7. The molecule has 13 heavy (non-hydrogen) atoms. The molecule has 0 amide bonds. The predicted molar refractivity (Wildman–Crippen MR) is 45.5 cm³/mol. The van der Waals surface area contributed by atoms with Gasteiger partial charge < -0.3 is 4.74 Å². The van der Waals surface area contributed by atoms with Gasteiger partial charge in [0.05, 0.1) is 4.47 Å². The lowest BCUT2D eigenvalue weighted by Crippen LogP contribution is -2.15. The maximum absolute atomic E-state index is 12.5. The van der Waals surface area contributed by atoms with Crippen molar-refractivity contribution in [3.8, 4) is 5.75 Å². The number of rotatable bonds is 2. The Hall–Kier alpha value is -0.420. The van der Waals surface area contributed by atoms with Gasteiger partial charge in [-0.3, -0.25) is 0 Å². The molecule has 0 aliphatic heterocycles. The molecular formula is C7H3BrClF3O. The molecule has 0 saturated heterocycles. The second kappa shape index (κ2) is 3.75. The van der Waals surface area contributed by atoms with Gasteiger partial charge in [-0.2, -0.15) is 0 Å². The second-order valence-corrected chi connectivity index (χ2v) is 3.42. The average Bonchev–Trinajstić information content (AvgIpc) is 1.94. The lowest BCUT2D eigenvalue weighted by Gasteiger charge is -2.11. The van der Waals surface area contributed by atoms with E-state index in [1.54, 1.807) is 0 Å². The van der Waals surface area contributed by atoms with Crippen LogP contribution < -0.4 is 4.74 Å². The molecule has 0 fully saturated rings. The van der Waals surface area contributed by atoms with Crippen molar-refractivity contribution >= 4 is 27.5 Å². The van der Waals surface area contributed by atoms with E-state index in [1.165, 1.54) is 6.07 Å². The van der Waals surface area contributed by atoms with Crippen molar-refractivity contribution in [2.75, 3.05) is 0 Å². The van der Waals surface area contributed by atoms with E-state index in [0.29, 0.717) is 0 Å². The summed E-state index contributed by atoms with van der Waals surface area (Å²) in [6.07, 6.45) is 0. The molecule has 0 bridgehead atoms. The first-order valence-corrected chi connectivity index (χ1v) is 4.26. The third kappa shape index (κ3) is 3.44. The molecule has 0 aliphatic carbocycles. The number of ether oxygens (including phenoxy) is 1. The van der Waals surface area contributed by atoms with Crippen LogP contribution in [0, 0.1) is 5.82 Å². The summed E-state index contributed by atoms with van der Waals surface area (Å²) in [7, 11) is 0. The zero-order valence-electron chi connectivity index (χ0n) is 6.03. The third-order valence-electron chi connectivity index (χ3n) is 1.12. The van der Waals surface area contributed by atoms with Crippen LogP contribution in [0.2, 0.25) is 0 Å². The van der Waals surface area contributed by atoms with Gasteiger partial charge in [0.1, 0.15) is 11.6 Å². The fourth-order valence-corrected chi connectivity index (χ4v) is 1.09. The number of halogens is 5. The number of hydrogen-bond donors (Lipinski definition) is 0. The summed E-state index contributed by atoms with van der Waals surface area (Å²) >= 11 is 7.39. The van der Waals surface area contributed by atoms with Gasteiger partial charge in [0.15, 0.2) is 0 Å². The minimum Gasteiger partial charge on any atom is -0.419 e. The first-order chi connectivity index (χ1) is 5.88. The maximum atomic E-state index is 12.5. The van der Waals surface area contributed by atoms with Crippen LogP contribution in [0.1, 0.15) is 0 Å². The van der Waals surface area contributed by atoms with E-state index < -0.39 is 11.4 Å². The van der Waals surface area contributed by atoms with Crippen LogP contribution in [0.15, 0.2) is 22.7 Å². The fourth-order valence-electron chi connectivity index (χ4n) is 0.680. The Morgan fingerprint density at radius 3 is 2.54 bits per heavy atom. The highest BCUT2D eigenvalue weighted by Gasteiger charge is 2.28. The van der Waals surface area contributed by atoms with E-state index in [2.05, 4.69) is 32.3 Å². The van der Waals surface area contributed by atoms with E-state index in [4.69, 9.17) is 0 Å². The van der Waals surface area contributed by atoms with E-state index in [0.717, 1.165) is 12.1 Å². The van der Waals surface area contributed by atoms with E-state index in [-0.39, 0.29) is 10.2 Å².